The molecule has 0 saturated carbocycles. The van der Waals surface area contributed by atoms with E-state index < -0.39 is 5.97 Å². The molecule has 0 aliphatic carbocycles. The molecule has 1 aliphatic heterocycles. The number of amides is 1. The van der Waals surface area contributed by atoms with Crippen LogP contribution in [0.2, 0.25) is 10.0 Å². The maximum absolute atomic E-state index is 12.3. The standard InChI is InChI=1S/C15H13Cl2NO3/c1-8-13(15(20)21-3)11(14(19)18(8)2)6-9-4-5-10(16)7-12(9)17/h4-7H,1-3H3/b11-6-. The number of esters is 1. The second-order valence-corrected chi connectivity index (χ2v) is 5.38. The lowest BCUT2D eigenvalue weighted by Crippen LogP contribution is -2.19. The molecule has 0 fully saturated rings. The van der Waals surface area contributed by atoms with Crippen molar-refractivity contribution in [2.24, 2.45) is 0 Å². The molecule has 1 aromatic rings. The Bertz CT molecular complexity index is 692. The molecule has 0 aromatic heterocycles. The highest BCUT2D eigenvalue weighted by Crippen LogP contribution is 2.32. The first-order valence-electron chi connectivity index (χ1n) is 6.11. The van der Waals surface area contributed by atoms with Crippen LogP contribution in [-0.2, 0) is 14.3 Å². The topological polar surface area (TPSA) is 46.6 Å². The monoisotopic (exact) mass is 325 g/mol. The first-order valence-corrected chi connectivity index (χ1v) is 6.86. The second kappa shape index (κ2) is 5.92. The van der Waals surface area contributed by atoms with E-state index in [4.69, 9.17) is 27.9 Å². The lowest BCUT2D eigenvalue weighted by Gasteiger charge is -2.08. The van der Waals surface area contributed by atoms with E-state index in [0.717, 1.165) is 0 Å². The molecule has 1 amide bonds. The molecule has 4 nitrogen and oxygen atoms in total. The number of hydrogen-bond acceptors (Lipinski definition) is 3. The first kappa shape index (κ1) is 15.6. The van der Waals surface area contributed by atoms with E-state index in [-0.39, 0.29) is 17.1 Å². The fraction of sp³-hybridized carbons (Fsp3) is 0.200. The maximum Gasteiger partial charge on any atom is 0.340 e. The number of benzene rings is 1. The van der Waals surface area contributed by atoms with Crippen LogP contribution in [0.5, 0.6) is 0 Å². The zero-order chi connectivity index (χ0) is 15.7. The predicted molar refractivity (Wildman–Crippen MR) is 81.9 cm³/mol. The SMILES string of the molecule is COC(=O)C1=C(C)N(C)C(=O)/C1=C\c1ccc(Cl)cc1Cl. The first-order chi connectivity index (χ1) is 9.86. The van der Waals surface area contributed by atoms with Crippen molar-refractivity contribution in [3.8, 4) is 0 Å². The van der Waals surface area contributed by atoms with E-state index in [2.05, 4.69) is 0 Å². The quantitative estimate of drug-likeness (QED) is 0.619. The molecule has 0 unspecified atom stereocenters. The molecule has 1 heterocycles. The molecular weight excluding hydrogens is 313 g/mol. The molecule has 0 N–H and O–H groups in total. The van der Waals surface area contributed by atoms with Gasteiger partial charge in [0.1, 0.15) is 0 Å². The van der Waals surface area contributed by atoms with Crippen molar-refractivity contribution < 1.29 is 14.3 Å². The number of ether oxygens (including phenoxy) is 1. The van der Waals surface area contributed by atoms with Crippen LogP contribution in [0.4, 0.5) is 0 Å². The Morgan fingerprint density at radius 1 is 1.33 bits per heavy atom. The molecule has 0 bridgehead atoms. The van der Waals surface area contributed by atoms with Crippen LogP contribution in [0.3, 0.4) is 0 Å². The van der Waals surface area contributed by atoms with Gasteiger partial charge < -0.3 is 9.64 Å². The minimum Gasteiger partial charge on any atom is -0.465 e. The number of nitrogens with zero attached hydrogens (tertiary/aromatic N) is 1. The molecule has 0 saturated heterocycles. The van der Waals surface area contributed by atoms with E-state index >= 15 is 0 Å². The number of halogens is 2. The average Bonchev–Trinajstić information content (AvgIpc) is 2.66. The van der Waals surface area contributed by atoms with Crippen molar-refractivity contribution in [2.75, 3.05) is 14.2 Å². The number of carbonyl (C=O) groups is 2. The van der Waals surface area contributed by atoms with E-state index in [0.29, 0.717) is 21.3 Å². The van der Waals surface area contributed by atoms with Gasteiger partial charge in [0.25, 0.3) is 5.91 Å². The third kappa shape index (κ3) is 2.82. The van der Waals surface area contributed by atoms with Crippen LogP contribution in [-0.4, -0.2) is 30.9 Å². The largest absolute Gasteiger partial charge is 0.465 e. The van der Waals surface area contributed by atoms with Crippen LogP contribution in [0.25, 0.3) is 6.08 Å². The summed E-state index contributed by atoms with van der Waals surface area (Å²) < 4.78 is 4.75. The molecular formula is C15H13Cl2NO3. The molecule has 0 atom stereocenters. The Labute approximate surface area is 132 Å². The molecule has 1 aliphatic rings. The minimum atomic E-state index is -0.554. The smallest absolute Gasteiger partial charge is 0.340 e. The van der Waals surface area contributed by atoms with Gasteiger partial charge in [0.05, 0.1) is 18.3 Å². The van der Waals surface area contributed by atoms with Crippen LogP contribution >= 0.6 is 23.2 Å². The highest BCUT2D eigenvalue weighted by atomic mass is 35.5. The van der Waals surface area contributed by atoms with Crippen molar-refractivity contribution in [1.82, 2.24) is 4.90 Å². The van der Waals surface area contributed by atoms with Gasteiger partial charge in [-0.3, -0.25) is 4.79 Å². The van der Waals surface area contributed by atoms with Gasteiger partial charge in [-0.15, -0.1) is 0 Å². The zero-order valence-corrected chi connectivity index (χ0v) is 13.2. The summed E-state index contributed by atoms with van der Waals surface area (Å²) in [6.45, 7) is 1.69. The molecule has 0 spiro atoms. The van der Waals surface area contributed by atoms with Crippen molar-refractivity contribution in [3.05, 3.63) is 50.7 Å². The third-order valence-electron chi connectivity index (χ3n) is 3.32. The van der Waals surface area contributed by atoms with Gasteiger partial charge in [0.2, 0.25) is 0 Å². The summed E-state index contributed by atoms with van der Waals surface area (Å²) in [6.07, 6.45) is 1.57. The van der Waals surface area contributed by atoms with Gasteiger partial charge in [-0.05, 0) is 30.7 Å². The van der Waals surface area contributed by atoms with Crippen LogP contribution in [0, 0.1) is 0 Å². The summed E-state index contributed by atoms with van der Waals surface area (Å²) in [5.41, 5.74) is 1.65. The van der Waals surface area contributed by atoms with Gasteiger partial charge in [-0.1, -0.05) is 29.3 Å². The van der Waals surface area contributed by atoms with Gasteiger partial charge in [0, 0.05) is 22.8 Å². The summed E-state index contributed by atoms with van der Waals surface area (Å²) in [5.74, 6) is -0.833. The highest BCUT2D eigenvalue weighted by Gasteiger charge is 2.34. The summed E-state index contributed by atoms with van der Waals surface area (Å²) in [4.78, 5) is 25.6. The Kier molecular flexibility index (Phi) is 4.40. The second-order valence-electron chi connectivity index (χ2n) is 4.54. The fourth-order valence-corrected chi connectivity index (χ4v) is 2.53. The summed E-state index contributed by atoms with van der Waals surface area (Å²) in [5, 5.41) is 0.899. The minimum absolute atomic E-state index is 0.246. The lowest BCUT2D eigenvalue weighted by atomic mass is 10.0. The van der Waals surface area contributed by atoms with Crippen molar-refractivity contribution in [1.29, 1.82) is 0 Å². The number of methoxy groups -OCH3 is 1. The van der Waals surface area contributed by atoms with E-state index in [1.165, 1.54) is 12.0 Å². The fourth-order valence-electron chi connectivity index (χ4n) is 2.07. The van der Waals surface area contributed by atoms with Crippen LogP contribution < -0.4 is 0 Å². The maximum atomic E-state index is 12.3. The van der Waals surface area contributed by atoms with E-state index in [1.807, 2.05) is 0 Å². The number of carbonyl (C=O) groups excluding carboxylic acids is 2. The predicted octanol–water partition coefficient (Wildman–Crippen LogP) is 3.30. The number of rotatable bonds is 2. The van der Waals surface area contributed by atoms with Crippen molar-refractivity contribution >= 4 is 41.2 Å². The summed E-state index contributed by atoms with van der Waals surface area (Å²) in [6, 6.07) is 4.93. The Hall–Kier alpha value is -1.78. The number of hydrogen-bond donors (Lipinski definition) is 0. The van der Waals surface area contributed by atoms with Crippen molar-refractivity contribution in [2.45, 2.75) is 6.92 Å². The molecule has 6 heteroatoms. The summed E-state index contributed by atoms with van der Waals surface area (Å²) >= 11 is 11.9. The van der Waals surface area contributed by atoms with Gasteiger partial charge >= 0.3 is 5.97 Å². The average molecular weight is 326 g/mol. The zero-order valence-electron chi connectivity index (χ0n) is 11.7. The third-order valence-corrected chi connectivity index (χ3v) is 3.88. The van der Waals surface area contributed by atoms with Gasteiger partial charge in [-0.25, -0.2) is 4.79 Å². The van der Waals surface area contributed by atoms with E-state index in [1.54, 1.807) is 38.2 Å². The van der Waals surface area contributed by atoms with Gasteiger partial charge in [-0.2, -0.15) is 0 Å². The molecule has 110 valence electrons. The molecule has 1 aromatic carbocycles. The lowest BCUT2D eigenvalue weighted by molar-refractivity contribution is -0.136. The van der Waals surface area contributed by atoms with Crippen LogP contribution in [0.15, 0.2) is 35.0 Å². The summed E-state index contributed by atoms with van der Waals surface area (Å²) in [7, 11) is 2.88. The number of allylic oxidation sites excluding steroid dienone is 1. The molecule has 21 heavy (non-hydrogen) atoms. The van der Waals surface area contributed by atoms with E-state index in [9.17, 15) is 9.59 Å². The van der Waals surface area contributed by atoms with Crippen LogP contribution in [0.1, 0.15) is 12.5 Å². The Morgan fingerprint density at radius 3 is 2.57 bits per heavy atom. The highest BCUT2D eigenvalue weighted by molar-refractivity contribution is 6.35. The molecule has 2 rings (SSSR count). The van der Waals surface area contributed by atoms with Gasteiger partial charge in [0.15, 0.2) is 0 Å². The Morgan fingerprint density at radius 2 is 2.00 bits per heavy atom. The normalized spacial score (nSPS) is 16.9. The molecule has 0 radical (unpaired) electrons. The Balaban J connectivity index is 2.57. The van der Waals surface area contributed by atoms with Crippen molar-refractivity contribution in [3.63, 3.8) is 0 Å². The number of likely N-dealkylation sites (N-methyl/N-ethyl adjacent to an activating group) is 1.